The number of hydrogen-bond donors (Lipinski definition) is 3. The van der Waals surface area contributed by atoms with E-state index in [1.807, 2.05) is 44.5 Å². The average Bonchev–Trinajstić information content (AvgIpc) is 3.58. The molecule has 1 aromatic carbocycles. The standard InChI is InChI=1S/C25H29FN4O/c1-16(25(31)30-22-8-4-6-19(13-22)17(2)27)12-20(7-5-11-28-3)21-14-23(26)24(29-15-21)18-9-10-18/h4-6,8,11-16,18,27-28H,7,9-10H2,1-3H3,(H,30,31)/b11-5-,20-12+,27-17?. The van der Waals surface area contributed by atoms with Gasteiger partial charge >= 0.3 is 0 Å². The molecule has 6 heteroatoms. The molecule has 0 radical (unpaired) electrons. The molecule has 162 valence electrons. The highest BCUT2D eigenvalue weighted by Crippen LogP contribution is 2.40. The van der Waals surface area contributed by atoms with Crippen LogP contribution in [0.3, 0.4) is 0 Å². The van der Waals surface area contributed by atoms with E-state index in [2.05, 4.69) is 15.6 Å². The Bertz CT molecular complexity index is 1020. The zero-order valence-electron chi connectivity index (χ0n) is 18.2. The van der Waals surface area contributed by atoms with Gasteiger partial charge in [0.05, 0.1) is 11.6 Å². The van der Waals surface area contributed by atoms with Gasteiger partial charge in [-0.2, -0.15) is 0 Å². The summed E-state index contributed by atoms with van der Waals surface area (Å²) in [7, 11) is 1.81. The van der Waals surface area contributed by atoms with Gasteiger partial charge in [0.25, 0.3) is 0 Å². The average molecular weight is 421 g/mol. The molecule has 1 aliphatic rings. The highest BCUT2D eigenvalue weighted by Gasteiger charge is 2.28. The second-order valence-electron chi connectivity index (χ2n) is 7.94. The van der Waals surface area contributed by atoms with Crippen molar-refractivity contribution in [2.24, 2.45) is 5.92 Å². The maximum absolute atomic E-state index is 14.6. The predicted molar refractivity (Wildman–Crippen MR) is 124 cm³/mol. The summed E-state index contributed by atoms with van der Waals surface area (Å²) in [5, 5.41) is 13.6. The Morgan fingerprint density at radius 3 is 2.74 bits per heavy atom. The number of carbonyl (C=O) groups excluding carboxylic acids is 1. The highest BCUT2D eigenvalue weighted by atomic mass is 19.1. The number of pyridine rings is 1. The minimum Gasteiger partial charge on any atom is -0.394 e. The Morgan fingerprint density at radius 2 is 2.10 bits per heavy atom. The zero-order chi connectivity index (χ0) is 22.4. The minimum absolute atomic E-state index is 0.169. The van der Waals surface area contributed by atoms with E-state index in [9.17, 15) is 9.18 Å². The molecule has 0 bridgehead atoms. The first-order valence-electron chi connectivity index (χ1n) is 10.5. The van der Waals surface area contributed by atoms with Crippen LogP contribution in [-0.2, 0) is 4.79 Å². The smallest absolute Gasteiger partial charge is 0.231 e. The number of hydrogen-bond acceptors (Lipinski definition) is 4. The fraction of sp³-hybridized carbons (Fsp3) is 0.320. The number of allylic oxidation sites excluding steroid dienone is 2. The number of aromatic nitrogens is 1. The molecule has 31 heavy (non-hydrogen) atoms. The third-order valence-electron chi connectivity index (χ3n) is 5.25. The third kappa shape index (κ3) is 6.10. The second kappa shape index (κ2) is 10.2. The number of anilines is 1. The van der Waals surface area contributed by atoms with Crippen molar-refractivity contribution in [3.8, 4) is 0 Å². The zero-order valence-corrected chi connectivity index (χ0v) is 18.2. The number of nitrogens with zero attached hydrogens (tertiary/aromatic N) is 1. The summed E-state index contributed by atoms with van der Waals surface area (Å²) >= 11 is 0. The first-order valence-corrected chi connectivity index (χ1v) is 10.5. The van der Waals surface area contributed by atoms with Crippen molar-refractivity contribution in [2.75, 3.05) is 12.4 Å². The quantitative estimate of drug-likeness (QED) is 0.484. The first-order chi connectivity index (χ1) is 14.9. The van der Waals surface area contributed by atoms with Crippen LogP contribution < -0.4 is 10.6 Å². The lowest BCUT2D eigenvalue weighted by atomic mass is 9.98. The van der Waals surface area contributed by atoms with Gasteiger partial charge < -0.3 is 16.0 Å². The summed E-state index contributed by atoms with van der Waals surface area (Å²) in [5.74, 6) is -0.637. The van der Waals surface area contributed by atoms with Gasteiger partial charge in [-0.05, 0) is 67.3 Å². The van der Waals surface area contributed by atoms with E-state index >= 15 is 0 Å². The molecule has 0 spiro atoms. The Labute approximate surface area is 183 Å². The van der Waals surface area contributed by atoms with Crippen LogP contribution >= 0.6 is 0 Å². The number of nitrogens with one attached hydrogen (secondary N) is 3. The van der Waals surface area contributed by atoms with Crippen LogP contribution in [0.2, 0.25) is 0 Å². The van der Waals surface area contributed by atoms with Gasteiger partial charge in [-0.3, -0.25) is 9.78 Å². The molecular weight excluding hydrogens is 391 g/mol. The summed E-state index contributed by atoms with van der Waals surface area (Å²) in [4.78, 5) is 17.1. The van der Waals surface area contributed by atoms with E-state index in [-0.39, 0.29) is 17.6 Å². The molecule has 1 saturated carbocycles. The van der Waals surface area contributed by atoms with Crippen LogP contribution in [0.1, 0.15) is 55.8 Å². The van der Waals surface area contributed by atoms with Gasteiger partial charge in [-0.15, -0.1) is 0 Å². The Hall–Kier alpha value is -3.28. The van der Waals surface area contributed by atoms with E-state index < -0.39 is 5.92 Å². The lowest BCUT2D eigenvalue weighted by Crippen LogP contribution is -2.19. The third-order valence-corrected chi connectivity index (χ3v) is 5.25. The lowest BCUT2D eigenvalue weighted by molar-refractivity contribution is -0.118. The van der Waals surface area contributed by atoms with Crippen LogP contribution in [0.25, 0.3) is 5.57 Å². The molecule has 3 N–H and O–H groups in total. The van der Waals surface area contributed by atoms with Crippen molar-refractivity contribution in [3.63, 3.8) is 0 Å². The van der Waals surface area contributed by atoms with Gasteiger partial charge in [-0.25, -0.2) is 4.39 Å². The summed E-state index contributed by atoms with van der Waals surface area (Å²) in [5.41, 5.74) is 3.91. The Kier molecular flexibility index (Phi) is 7.34. The van der Waals surface area contributed by atoms with Crippen LogP contribution in [-0.4, -0.2) is 23.7 Å². The largest absolute Gasteiger partial charge is 0.394 e. The minimum atomic E-state index is -0.436. The monoisotopic (exact) mass is 420 g/mol. The van der Waals surface area contributed by atoms with Crippen molar-refractivity contribution in [1.82, 2.24) is 10.3 Å². The maximum Gasteiger partial charge on any atom is 0.231 e. The van der Waals surface area contributed by atoms with Crippen molar-refractivity contribution in [2.45, 2.75) is 39.0 Å². The molecule has 1 unspecified atom stereocenters. The number of rotatable bonds is 9. The molecule has 1 heterocycles. The Morgan fingerprint density at radius 1 is 1.32 bits per heavy atom. The van der Waals surface area contributed by atoms with Gasteiger partial charge in [-0.1, -0.05) is 31.2 Å². The molecule has 0 saturated heterocycles. The predicted octanol–water partition coefficient (Wildman–Crippen LogP) is 5.27. The SMILES string of the molecule is CN/C=C\C/C(=C\C(C)C(=O)Nc1cccc(C(C)=N)c1)c1cnc(C2CC2)c(F)c1. The molecular formula is C25H29FN4O. The molecule has 1 aromatic heterocycles. The Balaban J connectivity index is 1.80. The molecule has 1 fully saturated rings. The number of carbonyl (C=O) groups is 1. The molecule has 3 rings (SSSR count). The maximum atomic E-state index is 14.6. The van der Waals surface area contributed by atoms with Crippen molar-refractivity contribution >= 4 is 22.9 Å². The first kappa shape index (κ1) is 22.4. The molecule has 1 atom stereocenters. The van der Waals surface area contributed by atoms with Crippen LogP contribution in [0, 0.1) is 17.1 Å². The summed E-state index contributed by atoms with van der Waals surface area (Å²) in [6.45, 7) is 3.52. The summed E-state index contributed by atoms with van der Waals surface area (Å²) in [6, 6.07) is 8.75. The fourth-order valence-corrected chi connectivity index (χ4v) is 3.33. The second-order valence-corrected chi connectivity index (χ2v) is 7.94. The summed E-state index contributed by atoms with van der Waals surface area (Å²) < 4.78 is 14.6. The fourth-order valence-electron chi connectivity index (χ4n) is 3.33. The topological polar surface area (TPSA) is 77.9 Å². The van der Waals surface area contributed by atoms with Crippen LogP contribution in [0.15, 0.2) is 54.9 Å². The van der Waals surface area contributed by atoms with Crippen LogP contribution in [0.5, 0.6) is 0 Å². The van der Waals surface area contributed by atoms with Crippen molar-refractivity contribution in [1.29, 1.82) is 5.41 Å². The van der Waals surface area contributed by atoms with E-state index in [0.29, 0.717) is 29.1 Å². The molecule has 1 aliphatic carbocycles. The van der Waals surface area contributed by atoms with Gasteiger partial charge in [0, 0.05) is 30.6 Å². The summed E-state index contributed by atoms with van der Waals surface area (Å²) in [6.07, 6.45) is 9.83. The number of amides is 1. The van der Waals surface area contributed by atoms with Crippen molar-refractivity contribution < 1.29 is 9.18 Å². The van der Waals surface area contributed by atoms with Crippen LogP contribution in [0.4, 0.5) is 10.1 Å². The lowest BCUT2D eigenvalue weighted by Gasteiger charge is -2.13. The molecule has 1 amide bonds. The van der Waals surface area contributed by atoms with Gasteiger partial charge in [0.1, 0.15) is 5.82 Å². The van der Waals surface area contributed by atoms with E-state index in [1.54, 1.807) is 25.3 Å². The number of halogens is 1. The molecule has 5 nitrogen and oxygen atoms in total. The normalized spacial score (nSPS) is 15.0. The van der Waals surface area contributed by atoms with E-state index in [4.69, 9.17) is 5.41 Å². The molecule has 0 aliphatic heterocycles. The van der Waals surface area contributed by atoms with Gasteiger partial charge in [0.15, 0.2) is 0 Å². The highest BCUT2D eigenvalue weighted by molar-refractivity contribution is 5.99. The number of benzene rings is 1. The van der Waals surface area contributed by atoms with Crippen molar-refractivity contribution in [3.05, 3.63) is 77.5 Å². The van der Waals surface area contributed by atoms with E-state index in [0.717, 1.165) is 24.0 Å². The van der Waals surface area contributed by atoms with E-state index in [1.165, 1.54) is 6.07 Å². The van der Waals surface area contributed by atoms with Gasteiger partial charge in [0.2, 0.25) is 5.91 Å². The molecule has 2 aromatic rings.